The summed E-state index contributed by atoms with van der Waals surface area (Å²) in [6, 6.07) is 13.0. The van der Waals surface area contributed by atoms with Gasteiger partial charge in [0.2, 0.25) is 0 Å². The Morgan fingerprint density at radius 3 is 2.65 bits per heavy atom. The van der Waals surface area contributed by atoms with E-state index in [9.17, 15) is 0 Å². The van der Waals surface area contributed by atoms with E-state index in [1.165, 1.54) is 20.5 Å². The van der Waals surface area contributed by atoms with E-state index in [1.54, 1.807) is 0 Å². The van der Waals surface area contributed by atoms with Crippen LogP contribution in [0.25, 0.3) is 10.1 Å². The van der Waals surface area contributed by atoms with Crippen molar-refractivity contribution in [2.75, 3.05) is 0 Å². The first kappa shape index (κ1) is 13.4. The number of nitrogens with one attached hydrogen (secondary N) is 1. The Hall–Kier alpha value is -1.58. The molecule has 2 nitrogen and oxygen atoms in total. The number of thiophene rings is 1. The van der Waals surface area contributed by atoms with E-state index in [4.69, 9.17) is 4.42 Å². The van der Waals surface area contributed by atoms with Gasteiger partial charge in [-0.1, -0.05) is 18.2 Å². The Kier molecular flexibility index (Phi) is 3.64. The fourth-order valence-corrected chi connectivity index (χ4v) is 3.77. The Balaban J connectivity index is 1.78. The standard InChI is InChI=1S/C17H19NOS/c1-11-8-9-14(19-11)10-18-13(3)17-12(2)15-6-4-5-7-16(15)20-17/h4-9,13,18H,10H2,1-3H3. The number of fused-ring (bicyclic) bond motifs is 1. The molecule has 0 aliphatic carbocycles. The third kappa shape index (κ3) is 2.51. The molecule has 0 spiro atoms. The molecule has 0 aliphatic rings. The van der Waals surface area contributed by atoms with Gasteiger partial charge in [-0.3, -0.25) is 0 Å². The summed E-state index contributed by atoms with van der Waals surface area (Å²) >= 11 is 1.88. The van der Waals surface area contributed by atoms with Crippen LogP contribution in [0.4, 0.5) is 0 Å². The summed E-state index contributed by atoms with van der Waals surface area (Å²) in [5.74, 6) is 1.96. The van der Waals surface area contributed by atoms with E-state index >= 15 is 0 Å². The molecule has 3 rings (SSSR count). The first-order valence-corrected chi connectivity index (χ1v) is 7.73. The predicted molar refractivity (Wildman–Crippen MR) is 85.3 cm³/mol. The molecule has 2 aromatic heterocycles. The van der Waals surface area contributed by atoms with Gasteiger partial charge in [-0.2, -0.15) is 0 Å². The lowest BCUT2D eigenvalue weighted by Gasteiger charge is -2.12. The van der Waals surface area contributed by atoms with Crippen molar-refractivity contribution in [1.29, 1.82) is 0 Å². The number of benzene rings is 1. The number of hydrogen-bond donors (Lipinski definition) is 1. The van der Waals surface area contributed by atoms with Gasteiger partial charge in [0.05, 0.1) is 6.54 Å². The van der Waals surface area contributed by atoms with Gasteiger partial charge in [0, 0.05) is 15.6 Å². The van der Waals surface area contributed by atoms with Crippen LogP contribution in [0.5, 0.6) is 0 Å². The van der Waals surface area contributed by atoms with E-state index in [2.05, 4.69) is 43.4 Å². The zero-order valence-electron chi connectivity index (χ0n) is 12.1. The van der Waals surface area contributed by atoms with E-state index < -0.39 is 0 Å². The van der Waals surface area contributed by atoms with Crippen molar-refractivity contribution in [3.63, 3.8) is 0 Å². The second-order valence-corrected chi connectivity index (χ2v) is 6.29. The Bertz CT molecular complexity index is 726. The number of hydrogen-bond acceptors (Lipinski definition) is 3. The van der Waals surface area contributed by atoms with E-state index in [1.807, 2.05) is 30.4 Å². The average Bonchev–Trinajstić information content (AvgIpc) is 3.01. The quantitative estimate of drug-likeness (QED) is 0.732. The Morgan fingerprint density at radius 1 is 1.15 bits per heavy atom. The fourth-order valence-electron chi connectivity index (χ4n) is 2.53. The maximum atomic E-state index is 5.60. The molecule has 3 heteroatoms. The molecule has 1 unspecified atom stereocenters. The van der Waals surface area contributed by atoms with Crippen molar-refractivity contribution in [2.45, 2.75) is 33.4 Å². The zero-order chi connectivity index (χ0) is 14.1. The molecular weight excluding hydrogens is 266 g/mol. The van der Waals surface area contributed by atoms with Gasteiger partial charge in [-0.25, -0.2) is 0 Å². The molecule has 1 aromatic carbocycles. The highest BCUT2D eigenvalue weighted by Crippen LogP contribution is 2.34. The van der Waals surface area contributed by atoms with Crippen molar-refractivity contribution in [1.82, 2.24) is 5.32 Å². The van der Waals surface area contributed by atoms with Crippen LogP contribution in [-0.4, -0.2) is 0 Å². The lowest BCUT2D eigenvalue weighted by Crippen LogP contribution is -2.17. The van der Waals surface area contributed by atoms with E-state index in [-0.39, 0.29) is 0 Å². The zero-order valence-corrected chi connectivity index (χ0v) is 12.9. The number of furan rings is 1. The largest absolute Gasteiger partial charge is 0.465 e. The molecule has 0 bridgehead atoms. The van der Waals surface area contributed by atoms with E-state index in [0.717, 1.165) is 18.1 Å². The van der Waals surface area contributed by atoms with Crippen LogP contribution in [0.15, 0.2) is 40.8 Å². The molecule has 104 valence electrons. The lowest BCUT2D eigenvalue weighted by molar-refractivity contribution is 0.445. The SMILES string of the molecule is Cc1ccc(CNC(C)c2sc3ccccc3c2C)o1. The first-order valence-electron chi connectivity index (χ1n) is 6.92. The Labute approximate surface area is 123 Å². The average molecular weight is 285 g/mol. The van der Waals surface area contributed by atoms with Gasteiger partial charge >= 0.3 is 0 Å². The molecule has 1 N–H and O–H groups in total. The second-order valence-electron chi connectivity index (χ2n) is 5.20. The molecule has 0 amide bonds. The monoisotopic (exact) mass is 285 g/mol. The smallest absolute Gasteiger partial charge is 0.117 e. The summed E-state index contributed by atoms with van der Waals surface area (Å²) in [7, 11) is 0. The summed E-state index contributed by atoms with van der Waals surface area (Å²) in [5, 5.41) is 4.92. The molecular formula is C17H19NOS. The van der Waals surface area contributed by atoms with Crippen molar-refractivity contribution < 1.29 is 4.42 Å². The van der Waals surface area contributed by atoms with Crippen LogP contribution in [0.2, 0.25) is 0 Å². The van der Waals surface area contributed by atoms with Gasteiger partial charge in [0.1, 0.15) is 11.5 Å². The van der Waals surface area contributed by atoms with Crippen LogP contribution < -0.4 is 5.32 Å². The van der Waals surface area contributed by atoms with Crippen LogP contribution in [-0.2, 0) is 6.54 Å². The fraction of sp³-hybridized carbons (Fsp3) is 0.294. The number of rotatable bonds is 4. The lowest BCUT2D eigenvalue weighted by atomic mass is 10.1. The molecule has 0 saturated heterocycles. The van der Waals surface area contributed by atoms with Crippen molar-refractivity contribution in [2.24, 2.45) is 0 Å². The highest BCUT2D eigenvalue weighted by atomic mass is 32.1. The van der Waals surface area contributed by atoms with Crippen LogP contribution in [0.3, 0.4) is 0 Å². The van der Waals surface area contributed by atoms with Crippen LogP contribution in [0, 0.1) is 13.8 Å². The highest BCUT2D eigenvalue weighted by Gasteiger charge is 2.14. The first-order chi connectivity index (χ1) is 9.65. The normalized spacial score (nSPS) is 12.9. The van der Waals surface area contributed by atoms with Gasteiger partial charge < -0.3 is 9.73 Å². The van der Waals surface area contributed by atoms with Gasteiger partial charge in [-0.15, -0.1) is 11.3 Å². The summed E-state index contributed by atoms with van der Waals surface area (Å²) < 4.78 is 6.96. The second kappa shape index (κ2) is 5.43. The Morgan fingerprint density at radius 2 is 1.95 bits per heavy atom. The van der Waals surface area contributed by atoms with Crippen molar-refractivity contribution >= 4 is 21.4 Å². The summed E-state index contributed by atoms with van der Waals surface area (Å²) in [5.41, 5.74) is 1.39. The van der Waals surface area contributed by atoms with Crippen molar-refractivity contribution in [3.05, 3.63) is 58.4 Å². The molecule has 3 aromatic rings. The van der Waals surface area contributed by atoms with Gasteiger partial charge in [-0.05, 0) is 49.9 Å². The minimum absolute atomic E-state index is 0.331. The molecule has 0 radical (unpaired) electrons. The predicted octanol–water partition coefficient (Wildman–Crippen LogP) is 4.96. The summed E-state index contributed by atoms with van der Waals surface area (Å²) in [6.45, 7) is 7.17. The minimum atomic E-state index is 0.331. The van der Waals surface area contributed by atoms with E-state index in [0.29, 0.717) is 6.04 Å². The third-order valence-corrected chi connectivity index (χ3v) is 5.11. The van der Waals surface area contributed by atoms with Crippen molar-refractivity contribution in [3.8, 4) is 0 Å². The molecule has 0 saturated carbocycles. The topological polar surface area (TPSA) is 25.2 Å². The van der Waals surface area contributed by atoms with Gasteiger partial charge in [0.25, 0.3) is 0 Å². The molecule has 1 atom stereocenters. The maximum Gasteiger partial charge on any atom is 0.117 e. The molecule has 2 heterocycles. The number of aryl methyl sites for hydroxylation is 2. The highest BCUT2D eigenvalue weighted by molar-refractivity contribution is 7.19. The minimum Gasteiger partial charge on any atom is -0.465 e. The van der Waals surface area contributed by atoms with Gasteiger partial charge in [0.15, 0.2) is 0 Å². The summed E-state index contributed by atoms with van der Waals surface area (Å²) in [6.07, 6.45) is 0. The third-order valence-electron chi connectivity index (χ3n) is 3.65. The van der Waals surface area contributed by atoms with Crippen LogP contribution >= 0.6 is 11.3 Å². The molecule has 20 heavy (non-hydrogen) atoms. The molecule has 0 aliphatic heterocycles. The maximum absolute atomic E-state index is 5.60. The summed E-state index contributed by atoms with van der Waals surface area (Å²) in [4.78, 5) is 1.41. The van der Waals surface area contributed by atoms with Crippen LogP contribution in [0.1, 0.15) is 34.9 Å². The molecule has 0 fully saturated rings.